The van der Waals surface area contributed by atoms with Crippen LogP contribution in [0.25, 0.3) is 0 Å². The third-order valence-electron chi connectivity index (χ3n) is 3.22. The number of ether oxygens (including phenoxy) is 1. The lowest BCUT2D eigenvalue weighted by Crippen LogP contribution is -2.30. The van der Waals surface area contributed by atoms with E-state index in [4.69, 9.17) is 16.3 Å². The molecule has 0 spiro atoms. The number of carbonyl (C=O) groups is 2. The number of allylic oxidation sites excluding steroid dienone is 1. The maximum absolute atomic E-state index is 11.9. The summed E-state index contributed by atoms with van der Waals surface area (Å²) >= 11 is 5.75. The van der Waals surface area contributed by atoms with E-state index in [0.29, 0.717) is 10.7 Å². The lowest BCUT2D eigenvalue weighted by molar-refractivity contribution is -0.153. The largest absolute Gasteiger partial charge is 0.453 e. The lowest BCUT2D eigenvalue weighted by atomic mass is 10.1. The summed E-state index contributed by atoms with van der Waals surface area (Å²) in [5.41, 5.74) is 0.534. The molecule has 0 unspecified atom stereocenters. The molecule has 1 amide bonds. The zero-order valence-corrected chi connectivity index (χ0v) is 13.9. The first-order valence-electron chi connectivity index (χ1n) is 6.92. The van der Waals surface area contributed by atoms with Crippen molar-refractivity contribution in [3.63, 3.8) is 0 Å². The molecule has 1 aromatic rings. The van der Waals surface area contributed by atoms with Crippen LogP contribution in [-0.2, 0) is 24.2 Å². The highest BCUT2D eigenvalue weighted by Gasteiger charge is 2.26. The molecular formula is C15H16ClNO5S. The number of hydrogen-bond donors (Lipinski definition) is 1. The molecule has 6 nitrogen and oxygen atoms in total. The minimum absolute atomic E-state index is 0.0751. The summed E-state index contributed by atoms with van der Waals surface area (Å²) in [4.78, 5) is 23.7. The number of hydrogen-bond acceptors (Lipinski definition) is 5. The van der Waals surface area contributed by atoms with Crippen LogP contribution in [0.5, 0.6) is 0 Å². The van der Waals surface area contributed by atoms with E-state index in [1.165, 1.54) is 13.0 Å². The summed E-state index contributed by atoms with van der Waals surface area (Å²) in [5, 5.41) is 4.24. The Balaban J connectivity index is 1.82. The zero-order valence-electron chi connectivity index (χ0n) is 12.4. The number of sulfone groups is 1. The quantitative estimate of drug-likeness (QED) is 0.815. The van der Waals surface area contributed by atoms with Crippen molar-refractivity contribution in [2.24, 2.45) is 5.92 Å². The summed E-state index contributed by atoms with van der Waals surface area (Å²) in [5.74, 6) is -1.60. The normalized spacial score (nSPS) is 20.0. The minimum atomic E-state index is -3.21. The molecule has 1 aliphatic heterocycles. The molecule has 8 heteroatoms. The third-order valence-corrected chi connectivity index (χ3v) is 4.94. The van der Waals surface area contributed by atoms with Crippen LogP contribution in [0, 0.1) is 5.92 Å². The van der Waals surface area contributed by atoms with E-state index >= 15 is 0 Å². The van der Waals surface area contributed by atoms with Crippen LogP contribution < -0.4 is 5.32 Å². The SMILES string of the molecule is C[C@H](OC(=O)C[C@H]1C=CS(=O)(=O)C1)C(=O)Nc1ccc(Cl)cc1. The molecule has 0 radical (unpaired) electrons. The van der Waals surface area contributed by atoms with E-state index in [9.17, 15) is 18.0 Å². The molecule has 23 heavy (non-hydrogen) atoms. The van der Waals surface area contributed by atoms with Crippen molar-refractivity contribution in [2.45, 2.75) is 19.4 Å². The number of amides is 1. The Morgan fingerprint density at radius 2 is 2.00 bits per heavy atom. The molecule has 1 aliphatic rings. The Morgan fingerprint density at radius 3 is 2.57 bits per heavy atom. The summed E-state index contributed by atoms with van der Waals surface area (Å²) in [6, 6.07) is 6.51. The van der Waals surface area contributed by atoms with Crippen molar-refractivity contribution in [2.75, 3.05) is 11.1 Å². The molecular weight excluding hydrogens is 342 g/mol. The number of esters is 1. The van der Waals surface area contributed by atoms with Gasteiger partial charge >= 0.3 is 5.97 Å². The van der Waals surface area contributed by atoms with Crippen molar-refractivity contribution in [3.8, 4) is 0 Å². The predicted octanol–water partition coefficient (Wildman–Crippen LogP) is 2.16. The first-order valence-corrected chi connectivity index (χ1v) is 9.01. The van der Waals surface area contributed by atoms with Crippen molar-refractivity contribution < 1.29 is 22.7 Å². The van der Waals surface area contributed by atoms with Gasteiger partial charge in [0, 0.05) is 22.0 Å². The highest BCUT2D eigenvalue weighted by molar-refractivity contribution is 7.94. The molecule has 2 rings (SSSR count). The van der Waals surface area contributed by atoms with Gasteiger partial charge in [0.2, 0.25) is 0 Å². The van der Waals surface area contributed by atoms with Gasteiger partial charge in [-0.25, -0.2) is 8.42 Å². The highest BCUT2D eigenvalue weighted by atomic mass is 35.5. The van der Waals surface area contributed by atoms with Crippen LogP contribution in [0.15, 0.2) is 35.7 Å². The summed E-state index contributed by atoms with van der Waals surface area (Å²) < 4.78 is 27.6. The van der Waals surface area contributed by atoms with Crippen molar-refractivity contribution in [1.82, 2.24) is 0 Å². The van der Waals surface area contributed by atoms with Gasteiger partial charge in [0.15, 0.2) is 15.9 Å². The van der Waals surface area contributed by atoms with Crippen LogP contribution in [0.3, 0.4) is 0 Å². The van der Waals surface area contributed by atoms with Gasteiger partial charge in [0.25, 0.3) is 5.91 Å². The summed E-state index contributed by atoms with van der Waals surface area (Å²) in [6.45, 7) is 1.45. The topological polar surface area (TPSA) is 89.5 Å². The Morgan fingerprint density at radius 1 is 1.35 bits per heavy atom. The van der Waals surface area contributed by atoms with Gasteiger partial charge < -0.3 is 10.1 Å². The maximum atomic E-state index is 11.9. The molecule has 1 N–H and O–H groups in total. The Kier molecular flexibility index (Phi) is 5.43. The van der Waals surface area contributed by atoms with E-state index in [-0.39, 0.29) is 12.2 Å². The summed E-state index contributed by atoms with van der Waals surface area (Å²) in [6.07, 6.45) is 0.406. The van der Waals surface area contributed by atoms with Gasteiger partial charge in [0.1, 0.15) is 0 Å². The molecule has 2 atom stereocenters. The smallest absolute Gasteiger partial charge is 0.307 e. The number of nitrogens with one attached hydrogen (secondary N) is 1. The molecule has 1 aromatic carbocycles. The Labute approximate surface area is 139 Å². The first-order chi connectivity index (χ1) is 10.7. The average Bonchev–Trinajstić information content (AvgIpc) is 2.80. The van der Waals surface area contributed by atoms with Gasteiger partial charge in [-0.3, -0.25) is 9.59 Å². The highest BCUT2D eigenvalue weighted by Crippen LogP contribution is 2.19. The van der Waals surface area contributed by atoms with Gasteiger partial charge in [0.05, 0.1) is 12.2 Å². The maximum Gasteiger partial charge on any atom is 0.307 e. The van der Waals surface area contributed by atoms with Crippen molar-refractivity contribution in [3.05, 3.63) is 40.8 Å². The number of anilines is 1. The molecule has 0 bridgehead atoms. The second-order valence-electron chi connectivity index (χ2n) is 5.25. The monoisotopic (exact) mass is 357 g/mol. The van der Waals surface area contributed by atoms with Gasteiger partial charge in [-0.15, -0.1) is 0 Å². The fourth-order valence-electron chi connectivity index (χ4n) is 2.06. The van der Waals surface area contributed by atoms with Crippen LogP contribution in [-0.4, -0.2) is 32.2 Å². The molecule has 0 saturated heterocycles. The number of halogens is 1. The van der Waals surface area contributed by atoms with Crippen LogP contribution in [0.1, 0.15) is 13.3 Å². The lowest BCUT2D eigenvalue weighted by Gasteiger charge is -2.14. The van der Waals surface area contributed by atoms with Gasteiger partial charge in [-0.2, -0.15) is 0 Å². The fraction of sp³-hybridized carbons (Fsp3) is 0.333. The number of carbonyl (C=O) groups excluding carboxylic acids is 2. The van der Waals surface area contributed by atoms with Crippen molar-refractivity contribution >= 4 is 39.0 Å². The second-order valence-corrected chi connectivity index (χ2v) is 7.62. The van der Waals surface area contributed by atoms with Gasteiger partial charge in [-0.1, -0.05) is 17.7 Å². The first kappa shape index (κ1) is 17.5. The molecule has 0 aliphatic carbocycles. The molecule has 124 valence electrons. The molecule has 0 aromatic heterocycles. The Hall–Kier alpha value is -1.86. The predicted molar refractivity (Wildman–Crippen MR) is 86.7 cm³/mol. The third kappa shape index (κ3) is 5.37. The second kappa shape index (κ2) is 7.14. The van der Waals surface area contributed by atoms with Crippen LogP contribution >= 0.6 is 11.6 Å². The Bertz CT molecular complexity index is 727. The number of benzene rings is 1. The standard InChI is InChI=1S/C15H16ClNO5S/c1-10(15(19)17-13-4-2-12(16)3-5-13)22-14(18)8-11-6-7-23(20,21)9-11/h2-7,10-11H,8-9H2,1H3,(H,17,19)/t10-,11+/m0/s1. The number of rotatable bonds is 5. The molecule has 0 fully saturated rings. The van der Waals surface area contributed by atoms with Gasteiger partial charge in [-0.05, 0) is 31.2 Å². The van der Waals surface area contributed by atoms with E-state index < -0.39 is 33.7 Å². The zero-order chi connectivity index (χ0) is 17.0. The molecule has 0 saturated carbocycles. The fourth-order valence-corrected chi connectivity index (χ4v) is 3.58. The van der Waals surface area contributed by atoms with Crippen LogP contribution in [0.4, 0.5) is 5.69 Å². The van der Waals surface area contributed by atoms with E-state index in [2.05, 4.69) is 5.32 Å². The van der Waals surface area contributed by atoms with E-state index in [1.807, 2.05) is 0 Å². The van der Waals surface area contributed by atoms with Crippen LogP contribution in [0.2, 0.25) is 5.02 Å². The molecule has 1 heterocycles. The van der Waals surface area contributed by atoms with E-state index in [1.54, 1.807) is 24.3 Å². The van der Waals surface area contributed by atoms with Crippen molar-refractivity contribution in [1.29, 1.82) is 0 Å². The van der Waals surface area contributed by atoms with E-state index in [0.717, 1.165) is 5.41 Å². The minimum Gasteiger partial charge on any atom is -0.453 e. The average molecular weight is 358 g/mol. The summed E-state index contributed by atoms with van der Waals surface area (Å²) in [7, 11) is -3.21.